The molecule has 0 bridgehead atoms. The number of nitrogens with one attached hydrogen (secondary N) is 1. The maximum Gasteiger partial charge on any atom is 0.407 e. The van der Waals surface area contributed by atoms with Gasteiger partial charge in [0.25, 0.3) is 0 Å². The summed E-state index contributed by atoms with van der Waals surface area (Å²) in [7, 11) is -2.41. The molecule has 1 saturated heterocycles. The van der Waals surface area contributed by atoms with Crippen LogP contribution in [0.1, 0.15) is 45.1 Å². The number of ether oxygens (including phenoxy) is 3. The zero-order valence-electron chi connectivity index (χ0n) is 23.6. The van der Waals surface area contributed by atoms with Gasteiger partial charge in [0, 0.05) is 25.6 Å². The van der Waals surface area contributed by atoms with Crippen LogP contribution in [0.15, 0.2) is 59.5 Å². The van der Waals surface area contributed by atoms with Crippen molar-refractivity contribution < 1.29 is 32.5 Å². The minimum atomic E-state index is -3.93. The normalized spacial score (nSPS) is 22.9. The summed E-state index contributed by atoms with van der Waals surface area (Å²) in [6.07, 6.45) is 1.70. The van der Waals surface area contributed by atoms with Gasteiger partial charge in [0.05, 0.1) is 30.3 Å². The van der Waals surface area contributed by atoms with Gasteiger partial charge in [-0.3, -0.25) is 0 Å². The summed E-state index contributed by atoms with van der Waals surface area (Å²) >= 11 is 0. The predicted molar refractivity (Wildman–Crippen MR) is 152 cm³/mol. The largest absolute Gasteiger partial charge is 0.497 e. The molecule has 1 heterocycles. The number of carbonyl (C=O) groups excluding carboxylic acids is 1. The second-order valence-electron chi connectivity index (χ2n) is 10.9. The highest BCUT2D eigenvalue weighted by Gasteiger charge is 2.43. The lowest BCUT2D eigenvalue weighted by molar-refractivity contribution is 0.0496. The molecule has 2 aromatic rings. The molecule has 2 N–H and O–H groups in total. The third kappa shape index (κ3) is 7.54. The molecule has 0 aromatic heterocycles. The van der Waals surface area contributed by atoms with E-state index in [0.717, 1.165) is 31.2 Å². The van der Waals surface area contributed by atoms with E-state index in [0.29, 0.717) is 18.8 Å². The van der Waals surface area contributed by atoms with Crippen molar-refractivity contribution in [3.8, 4) is 5.75 Å². The average Bonchev–Trinajstić information content (AvgIpc) is 3.58. The molecule has 2 fully saturated rings. The molecule has 1 aliphatic heterocycles. The minimum absolute atomic E-state index is 0.0645. The molecule has 4 rings (SSSR count). The highest BCUT2D eigenvalue weighted by molar-refractivity contribution is 7.89. The third-order valence-corrected chi connectivity index (χ3v) is 9.94. The number of aliphatic hydroxyl groups excluding tert-OH is 1. The molecule has 40 heavy (non-hydrogen) atoms. The van der Waals surface area contributed by atoms with Crippen molar-refractivity contribution in [3.63, 3.8) is 0 Å². The summed E-state index contributed by atoms with van der Waals surface area (Å²) in [5, 5.41) is 14.3. The first-order valence-corrected chi connectivity index (χ1v) is 15.6. The Balaban J connectivity index is 1.52. The van der Waals surface area contributed by atoms with Gasteiger partial charge in [0.2, 0.25) is 10.0 Å². The van der Waals surface area contributed by atoms with Crippen LogP contribution in [0.25, 0.3) is 0 Å². The zero-order chi connectivity index (χ0) is 28.7. The van der Waals surface area contributed by atoms with Gasteiger partial charge in [0.1, 0.15) is 11.9 Å². The van der Waals surface area contributed by atoms with E-state index in [2.05, 4.69) is 5.32 Å². The Labute approximate surface area is 237 Å². The van der Waals surface area contributed by atoms with E-state index in [-0.39, 0.29) is 42.0 Å². The van der Waals surface area contributed by atoms with Crippen LogP contribution in [0.3, 0.4) is 0 Å². The fourth-order valence-electron chi connectivity index (χ4n) is 5.53. The number of aliphatic hydroxyl groups is 1. The quantitative estimate of drug-likeness (QED) is 0.372. The van der Waals surface area contributed by atoms with Gasteiger partial charge in [-0.2, -0.15) is 4.31 Å². The first-order valence-electron chi connectivity index (χ1n) is 14.2. The summed E-state index contributed by atoms with van der Waals surface area (Å²) < 4.78 is 45.4. The van der Waals surface area contributed by atoms with Crippen molar-refractivity contribution in [3.05, 3.63) is 60.2 Å². The van der Waals surface area contributed by atoms with Crippen molar-refractivity contribution in [2.75, 3.05) is 26.8 Å². The second kappa shape index (κ2) is 13.8. The highest BCUT2D eigenvalue weighted by Crippen LogP contribution is 2.37. The van der Waals surface area contributed by atoms with Crippen LogP contribution in [0, 0.1) is 11.8 Å². The molecular weight excluding hydrogens is 532 g/mol. The maximum absolute atomic E-state index is 13.7. The average molecular weight is 575 g/mol. The Morgan fingerprint density at radius 1 is 1.10 bits per heavy atom. The number of amides is 1. The fraction of sp³-hybridized carbons (Fsp3) is 0.567. The first kappa shape index (κ1) is 30.3. The number of sulfonamides is 1. The molecule has 0 spiro atoms. The number of alkyl carbamates (subject to hydrolysis) is 1. The second-order valence-corrected chi connectivity index (χ2v) is 12.8. The van der Waals surface area contributed by atoms with Crippen LogP contribution in [-0.2, 0) is 25.9 Å². The first-order chi connectivity index (χ1) is 19.2. The van der Waals surface area contributed by atoms with Crippen molar-refractivity contribution in [1.82, 2.24) is 9.62 Å². The number of hydrogen-bond acceptors (Lipinski definition) is 7. The lowest BCUT2D eigenvalue weighted by Crippen LogP contribution is -2.51. The van der Waals surface area contributed by atoms with Crippen molar-refractivity contribution >= 4 is 16.1 Å². The number of benzene rings is 2. The van der Waals surface area contributed by atoms with Gasteiger partial charge in [-0.1, -0.05) is 50.6 Å². The van der Waals surface area contributed by atoms with E-state index in [1.807, 2.05) is 44.2 Å². The number of fused-ring (bicyclic) bond motifs is 1. The molecule has 1 aliphatic carbocycles. The molecule has 1 saturated carbocycles. The molecule has 9 nitrogen and oxygen atoms in total. The SMILES string of the molecule is CC[C@H](C)CN(C[C@@H](O)[C@H](Cc1ccccc1)NC(=O)O[C@H]1CC[C@H]2OCC[C@@H]12)S(=O)(=O)c1ccc(OC)cc1. The Morgan fingerprint density at radius 2 is 1.82 bits per heavy atom. The van der Waals surface area contributed by atoms with E-state index in [9.17, 15) is 18.3 Å². The molecular formula is C30H42N2O7S. The lowest BCUT2D eigenvalue weighted by Gasteiger charge is -2.31. The zero-order valence-corrected chi connectivity index (χ0v) is 24.4. The summed E-state index contributed by atoms with van der Waals surface area (Å²) in [6.45, 7) is 4.70. The summed E-state index contributed by atoms with van der Waals surface area (Å²) in [6, 6.07) is 14.9. The molecule has 220 valence electrons. The summed E-state index contributed by atoms with van der Waals surface area (Å²) in [4.78, 5) is 13.2. The topological polar surface area (TPSA) is 114 Å². The van der Waals surface area contributed by atoms with Crippen molar-refractivity contribution in [1.29, 1.82) is 0 Å². The van der Waals surface area contributed by atoms with Crippen LogP contribution in [-0.4, -0.2) is 75.1 Å². The van der Waals surface area contributed by atoms with Crippen LogP contribution in [0.2, 0.25) is 0 Å². The van der Waals surface area contributed by atoms with Gasteiger partial charge in [-0.05, 0) is 61.4 Å². The fourth-order valence-corrected chi connectivity index (χ4v) is 7.11. The summed E-state index contributed by atoms with van der Waals surface area (Å²) in [5.41, 5.74) is 0.906. The van der Waals surface area contributed by atoms with Crippen LogP contribution >= 0.6 is 0 Å². The maximum atomic E-state index is 13.7. The third-order valence-electron chi connectivity index (χ3n) is 8.10. The molecule has 2 aliphatic rings. The lowest BCUT2D eigenvalue weighted by atomic mass is 10.0. The molecule has 6 atom stereocenters. The van der Waals surface area contributed by atoms with Crippen LogP contribution < -0.4 is 10.1 Å². The summed E-state index contributed by atoms with van der Waals surface area (Å²) in [5.74, 6) is 0.814. The van der Waals surface area contributed by atoms with Crippen LogP contribution in [0.4, 0.5) is 4.79 Å². The van der Waals surface area contributed by atoms with E-state index >= 15 is 0 Å². The molecule has 1 amide bonds. The van der Waals surface area contributed by atoms with Gasteiger partial charge >= 0.3 is 6.09 Å². The van der Waals surface area contributed by atoms with E-state index in [1.54, 1.807) is 12.1 Å². The minimum Gasteiger partial charge on any atom is -0.497 e. The van der Waals surface area contributed by atoms with Crippen LogP contribution in [0.5, 0.6) is 5.75 Å². The highest BCUT2D eigenvalue weighted by atomic mass is 32.2. The molecule has 2 aromatic carbocycles. The Hall–Kier alpha value is -2.66. The standard InChI is InChI=1S/C30H42N2O7S/c1-4-21(2)19-32(40(35,36)24-12-10-23(37-3)11-13-24)20-27(33)26(18-22-8-6-5-7-9-22)31-30(34)39-29-15-14-28-25(29)16-17-38-28/h5-13,21,25-29,33H,4,14-20H2,1-3H3,(H,31,34)/t21-,25+,26-,27+,28+,29-/m0/s1. The monoisotopic (exact) mass is 574 g/mol. The van der Waals surface area contributed by atoms with Gasteiger partial charge in [-0.15, -0.1) is 0 Å². The number of nitrogens with zero attached hydrogens (tertiary/aromatic N) is 1. The number of hydrogen-bond donors (Lipinski definition) is 2. The smallest absolute Gasteiger partial charge is 0.407 e. The van der Waals surface area contributed by atoms with E-state index in [4.69, 9.17) is 14.2 Å². The van der Waals surface area contributed by atoms with Gasteiger partial charge < -0.3 is 24.6 Å². The Kier molecular flexibility index (Phi) is 10.5. The van der Waals surface area contributed by atoms with E-state index in [1.165, 1.54) is 23.5 Å². The van der Waals surface area contributed by atoms with E-state index < -0.39 is 28.3 Å². The molecule has 0 radical (unpaired) electrons. The number of carbonyl (C=O) groups is 1. The Bertz CT molecular complexity index is 1190. The number of methoxy groups -OCH3 is 1. The van der Waals surface area contributed by atoms with Gasteiger partial charge in [-0.25, -0.2) is 13.2 Å². The number of rotatable bonds is 13. The van der Waals surface area contributed by atoms with Gasteiger partial charge in [0.15, 0.2) is 0 Å². The Morgan fingerprint density at radius 3 is 2.50 bits per heavy atom. The van der Waals surface area contributed by atoms with Crippen molar-refractivity contribution in [2.45, 2.75) is 75.2 Å². The molecule has 10 heteroatoms. The van der Waals surface area contributed by atoms with Crippen molar-refractivity contribution in [2.24, 2.45) is 11.8 Å². The molecule has 0 unspecified atom stereocenters. The predicted octanol–water partition coefficient (Wildman–Crippen LogP) is 4.00.